The number of tetrazole rings is 1. The molecule has 1 saturated carbocycles. The maximum absolute atomic E-state index is 12.1. The Hall–Kier alpha value is -2.09. The van der Waals surface area contributed by atoms with Crippen molar-refractivity contribution < 1.29 is 9.53 Å². The van der Waals surface area contributed by atoms with Gasteiger partial charge in [0.25, 0.3) is 0 Å². The second kappa shape index (κ2) is 6.99. The van der Waals surface area contributed by atoms with Crippen molar-refractivity contribution in [3.63, 3.8) is 0 Å². The first-order valence-electron chi connectivity index (χ1n) is 7.66. The number of nitrogens with one attached hydrogen (secondary N) is 1. The fraction of sp³-hybridized carbons (Fsp3) is 0.467. The third-order valence-electron chi connectivity index (χ3n) is 3.41. The van der Waals surface area contributed by atoms with Crippen LogP contribution in [0.2, 0.25) is 0 Å². The van der Waals surface area contributed by atoms with E-state index in [2.05, 4.69) is 20.8 Å². The summed E-state index contributed by atoms with van der Waals surface area (Å²) in [4.78, 5) is 12.1. The normalized spacial score (nSPS) is 15.2. The van der Waals surface area contributed by atoms with Crippen LogP contribution in [-0.4, -0.2) is 44.0 Å². The molecule has 1 aliphatic carbocycles. The summed E-state index contributed by atoms with van der Waals surface area (Å²) in [7, 11) is 0. The Balaban J connectivity index is 1.78. The van der Waals surface area contributed by atoms with E-state index in [1.807, 2.05) is 38.1 Å². The highest BCUT2D eigenvalue weighted by Crippen LogP contribution is 2.28. The van der Waals surface area contributed by atoms with Crippen LogP contribution in [0.25, 0.3) is 5.69 Å². The van der Waals surface area contributed by atoms with E-state index >= 15 is 0 Å². The number of benzene rings is 1. The molecule has 0 bridgehead atoms. The zero-order valence-electron chi connectivity index (χ0n) is 13.1. The lowest BCUT2D eigenvalue weighted by atomic mass is 10.3. The minimum atomic E-state index is -0.264. The number of ether oxygens (including phenoxy) is 1. The van der Waals surface area contributed by atoms with Crippen LogP contribution in [0.1, 0.15) is 26.7 Å². The Morgan fingerprint density at radius 3 is 3.00 bits per heavy atom. The van der Waals surface area contributed by atoms with Crippen LogP contribution in [0.3, 0.4) is 0 Å². The molecule has 1 amide bonds. The summed E-state index contributed by atoms with van der Waals surface area (Å²) in [6, 6.07) is 7.91. The molecule has 1 heterocycles. The lowest BCUT2D eigenvalue weighted by Crippen LogP contribution is -2.32. The number of aromatic nitrogens is 4. The van der Waals surface area contributed by atoms with E-state index in [-0.39, 0.29) is 11.2 Å². The topological polar surface area (TPSA) is 81.9 Å². The molecule has 0 radical (unpaired) electrons. The molecular formula is C15H19N5O2S. The number of nitrogens with zero attached hydrogens (tertiary/aromatic N) is 4. The van der Waals surface area contributed by atoms with Crippen molar-refractivity contribution in [1.82, 2.24) is 25.5 Å². The van der Waals surface area contributed by atoms with Gasteiger partial charge in [-0.2, -0.15) is 4.68 Å². The summed E-state index contributed by atoms with van der Waals surface area (Å²) in [5.74, 6) is 0.726. The maximum Gasteiger partial charge on any atom is 0.233 e. The first-order chi connectivity index (χ1) is 11.2. The number of para-hydroxylation sites is 2. The molecule has 1 atom stereocenters. The van der Waals surface area contributed by atoms with Gasteiger partial charge in [-0.25, -0.2) is 0 Å². The van der Waals surface area contributed by atoms with E-state index in [4.69, 9.17) is 4.74 Å². The molecule has 1 unspecified atom stereocenters. The van der Waals surface area contributed by atoms with Crippen LogP contribution in [-0.2, 0) is 4.79 Å². The van der Waals surface area contributed by atoms with Gasteiger partial charge in [-0.15, -0.1) is 5.10 Å². The van der Waals surface area contributed by atoms with Gasteiger partial charge in [0.05, 0.1) is 11.9 Å². The number of carbonyl (C=O) groups excluding carboxylic acids is 1. The fourth-order valence-corrected chi connectivity index (χ4v) is 2.88. The summed E-state index contributed by atoms with van der Waals surface area (Å²) in [5, 5.41) is 15.1. The van der Waals surface area contributed by atoms with Crippen LogP contribution in [0, 0.1) is 0 Å². The number of hydrogen-bond donors (Lipinski definition) is 1. The highest BCUT2D eigenvalue weighted by Gasteiger charge is 2.27. The van der Waals surface area contributed by atoms with Crippen molar-refractivity contribution >= 4 is 17.7 Å². The van der Waals surface area contributed by atoms with Gasteiger partial charge in [0.2, 0.25) is 11.1 Å². The van der Waals surface area contributed by atoms with Gasteiger partial charge in [-0.05, 0) is 49.2 Å². The predicted molar refractivity (Wildman–Crippen MR) is 86.8 cm³/mol. The Morgan fingerprint density at radius 2 is 2.26 bits per heavy atom. The van der Waals surface area contributed by atoms with Crippen molar-refractivity contribution in [2.75, 3.05) is 6.61 Å². The smallest absolute Gasteiger partial charge is 0.233 e. The Kier molecular flexibility index (Phi) is 4.80. The zero-order valence-corrected chi connectivity index (χ0v) is 13.9. The first kappa shape index (κ1) is 15.8. The molecule has 0 saturated heterocycles. The zero-order chi connectivity index (χ0) is 16.2. The lowest BCUT2D eigenvalue weighted by Gasteiger charge is -2.13. The summed E-state index contributed by atoms with van der Waals surface area (Å²) >= 11 is 1.34. The fourth-order valence-electron chi connectivity index (χ4n) is 2.07. The third kappa shape index (κ3) is 3.82. The Labute approximate surface area is 138 Å². The lowest BCUT2D eigenvalue weighted by molar-refractivity contribution is -0.120. The molecule has 23 heavy (non-hydrogen) atoms. The molecule has 1 aliphatic rings. The minimum Gasteiger partial charge on any atom is -0.492 e. The van der Waals surface area contributed by atoms with Gasteiger partial charge >= 0.3 is 0 Å². The Morgan fingerprint density at radius 1 is 1.48 bits per heavy atom. The molecule has 2 aromatic rings. The molecule has 0 spiro atoms. The molecule has 7 nitrogen and oxygen atoms in total. The first-order valence-corrected chi connectivity index (χ1v) is 8.54. The van der Waals surface area contributed by atoms with Crippen LogP contribution >= 0.6 is 11.8 Å². The molecule has 0 aliphatic heterocycles. The van der Waals surface area contributed by atoms with E-state index in [0.717, 1.165) is 18.5 Å². The van der Waals surface area contributed by atoms with Gasteiger partial charge in [0.1, 0.15) is 11.4 Å². The number of hydrogen-bond acceptors (Lipinski definition) is 6. The van der Waals surface area contributed by atoms with Crippen molar-refractivity contribution in [3.05, 3.63) is 24.3 Å². The largest absolute Gasteiger partial charge is 0.492 e. The molecule has 1 aromatic carbocycles. The van der Waals surface area contributed by atoms with Crippen LogP contribution in [0.5, 0.6) is 5.75 Å². The second-order valence-electron chi connectivity index (χ2n) is 5.32. The molecule has 1 fully saturated rings. The highest BCUT2D eigenvalue weighted by atomic mass is 32.2. The highest BCUT2D eigenvalue weighted by molar-refractivity contribution is 8.00. The predicted octanol–water partition coefficient (Wildman–Crippen LogP) is 1.82. The maximum atomic E-state index is 12.1. The van der Waals surface area contributed by atoms with E-state index in [9.17, 15) is 4.79 Å². The van der Waals surface area contributed by atoms with Crippen molar-refractivity contribution in [2.45, 2.75) is 43.1 Å². The summed E-state index contributed by atoms with van der Waals surface area (Å²) in [5.41, 5.74) is 0.761. The van der Waals surface area contributed by atoms with Crippen molar-refractivity contribution in [2.24, 2.45) is 0 Å². The monoisotopic (exact) mass is 333 g/mol. The average molecular weight is 333 g/mol. The summed E-state index contributed by atoms with van der Waals surface area (Å²) < 4.78 is 7.23. The van der Waals surface area contributed by atoms with E-state index in [1.54, 1.807) is 4.68 Å². The SMILES string of the molecule is CCOc1ccccc1-n1nnnc1SC(C)C(=O)NC1CC1. The second-order valence-corrected chi connectivity index (χ2v) is 6.62. The number of thioether (sulfide) groups is 1. The van der Waals surface area contributed by atoms with Gasteiger partial charge in [-0.1, -0.05) is 23.9 Å². The van der Waals surface area contributed by atoms with Gasteiger partial charge < -0.3 is 10.1 Å². The molecular weight excluding hydrogens is 314 g/mol. The summed E-state index contributed by atoms with van der Waals surface area (Å²) in [6.07, 6.45) is 2.14. The van der Waals surface area contributed by atoms with Crippen LogP contribution < -0.4 is 10.1 Å². The molecule has 1 N–H and O–H groups in total. The number of carbonyl (C=O) groups is 1. The van der Waals surface area contributed by atoms with Crippen molar-refractivity contribution in [1.29, 1.82) is 0 Å². The molecule has 3 rings (SSSR count). The number of amides is 1. The molecule has 122 valence electrons. The minimum absolute atomic E-state index is 0.0187. The van der Waals surface area contributed by atoms with E-state index in [0.29, 0.717) is 23.6 Å². The van der Waals surface area contributed by atoms with Crippen LogP contribution in [0.15, 0.2) is 29.4 Å². The van der Waals surface area contributed by atoms with Gasteiger partial charge in [0, 0.05) is 6.04 Å². The van der Waals surface area contributed by atoms with Gasteiger partial charge in [-0.3, -0.25) is 4.79 Å². The quantitative estimate of drug-likeness (QED) is 0.778. The van der Waals surface area contributed by atoms with Crippen LogP contribution in [0.4, 0.5) is 0 Å². The number of rotatable bonds is 7. The average Bonchev–Trinajstić information content (AvgIpc) is 3.24. The van der Waals surface area contributed by atoms with Crippen molar-refractivity contribution in [3.8, 4) is 11.4 Å². The summed E-state index contributed by atoms with van der Waals surface area (Å²) in [6.45, 7) is 4.34. The standard InChI is InChI=1S/C15H19N5O2S/c1-3-22-13-7-5-4-6-12(13)20-15(17-18-19-20)23-10(2)14(21)16-11-8-9-11/h4-7,10-11H,3,8-9H2,1-2H3,(H,16,21). The Bertz CT molecular complexity index is 686. The van der Waals surface area contributed by atoms with E-state index < -0.39 is 0 Å². The third-order valence-corrected chi connectivity index (χ3v) is 4.44. The molecule has 8 heteroatoms. The molecule has 1 aromatic heterocycles. The van der Waals surface area contributed by atoms with Gasteiger partial charge in [0.15, 0.2) is 0 Å². The van der Waals surface area contributed by atoms with E-state index in [1.165, 1.54) is 11.8 Å².